The minimum atomic E-state index is -3.52. The molecular weight excluding hydrogens is 663 g/mol. The summed E-state index contributed by atoms with van der Waals surface area (Å²) in [5.74, 6) is 4.62. The number of piperazine rings is 1. The smallest absolute Gasteiger partial charge is 0.243 e. The van der Waals surface area contributed by atoms with Gasteiger partial charge >= 0.3 is 0 Å². The number of benzene rings is 2. The van der Waals surface area contributed by atoms with Gasteiger partial charge in [0.25, 0.3) is 0 Å². The molecule has 5 aliphatic carbocycles. The molecule has 2 aromatic rings. The van der Waals surface area contributed by atoms with Crippen molar-refractivity contribution in [3.63, 3.8) is 0 Å². The lowest BCUT2D eigenvalue weighted by Crippen LogP contribution is -2.64. The molecule has 0 bridgehead atoms. The highest BCUT2D eigenvalue weighted by Crippen LogP contribution is 2.72. The van der Waals surface area contributed by atoms with Crippen molar-refractivity contribution in [2.75, 3.05) is 46.4 Å². The molecule has 4 unspecified atom stereocenters. The van der Waals surface area contributed by atoms with Crippen LogP contribution in [0.1, 0.15) is 103 Å². The molecule has 2 aromatic carbocycles. The van der Waals surface area contributed by atoms with E-state index in [1.807, 2.05) is 0 Å². The highest BCUT2D eigenvalue weighted by atomic mass is 32.2. The van der Waals surface area contributed by atoms with E-state index in [0.29, 0.717) is 40.1 Å². The lowest BCUT2D eigenvalue weighted by Gasteiger charge is -2.68. The van der Waals surface area contributed by atoms with Crippen LogP contribution in [-0.2, 0) is 10.0 Å². The molecule has 7 heteroatoms. The first-order valence-corrected chi connectivity index (χ1v) is 22.2. The maximum Gasteiger partial charge on any atom is 0.243 e. The molecular formula is C45H65N3O3S. The number of fused-ring (bicyclic) bond motifs is 7. The molecule has 1 N–H and O–H groups in total. The fraction of sp³-hybridized carbons (Fsp3) is 0.689. The van der Waals surface area contributed by atoms with Crippen LogP contribution >= 0.6 is 0 Å². The fourth-order valence-electron chi connectivity index (χ4n) is 13.9. The molecule has 8 rings (SSSR count). The van der Waals surface area contributed by atoms with Crippen molar-refractivity contribution in [3.8, 4) is 5.75 Å². The third-order valence-corrected chi connectivity index (χ3v) is 18.3. The first kappa shape index (κ1) is 36.8. The number of rotatable bonds is 8. The van der Waals surface area contributed by atoms with Gasteiger partial charge in [-0.15, -0.1) is 0 Å². The third-order valence-electron chi connectivity index (χ3n) is 16.4. The maximum absolute atomic E-state index is 13.4. The molecule has 8 atom stereocenters. The highest BCUT2D eigenvalue weighted by molar-refractivity contribution is 7.89. The van der Waals surface area contributed by atoms with Gasteiger partial charge in [-0.3, -0.25) is 4.90 Å². The van der Waals surface area contributed by atoms with Crippen LogP contribution in [0.5, 0.6) is 5.75 Å². The van der Waals surface area contributed by atoms with Crippen LogP contribution in [-0.4, -0.2) is 69.5 Å². The number of ether oxygens (including phenoxy) is 1. The molecule has 5 fully saturated rings. The van der Waals surface area contributed by atoms with Gasteiger partial charge in [0.15, 0.2) is 0 Å². The third kappa shape index (κ3) is 5.94. The van der Waals surface area contributed by atoms with E-state index in [0.717, 1.165) is 55.8 Å². The van der Waals surface area contributed by atoms with E-state index >= 15 is 0 Å². The summed E-state index contributed by atoms with van der Waals surface area (Å²) in [7, 11) is -1.94. The van der Waals surface area contributed by atoms with E-state index in [2.05, 4.69) is 75.2 Å². The summed E-state index contributed by atoms with van der Waals surface area (Å²) < 4.78 is 33.7. The molecule has 284 valence electrons. The number of nitrogens with one attached hydrogen (secondary N) is 1. The second-order valence-corrected chi connectivity index (χ2v) is 20.9. The molecule has 6 aliphatic rings. The van der Waals surface area contributed by atoms with Crippen LogP contribution in [0.4, 0.5) is 0 Å². The van der Waals surface area contributed by atoms with Gasteiger partial charge in [-0.2, -0.15) is 4.31 Å². The van der Waals surface area contributed by atoms with Gasteiger partial charge in [-0.25, -0.2) is 8.42 Å². The lowest BCUT2D eigenvalue weighted by molar-refractivity contribution is -0.172. The minimum Gasteiger partial charge on any atom is -0.497 e. The molecule has 0 amide bonds. The number of allylic oxidation sites excluding steroid dienone is 2. The molecule has 52 heavy (non-hydrogen) atoms. The van der Waals surface area contributed by atoms with Crippen LogP contribution in [0.2, 0.25) is 0 Å². The first-order chi connectivity index (χ1) is 24.8. The predicted octanol–water partition coefficient (Wildman–Crippen LogP) is 8.81. The van der Waals surface area contributed by atoms with Gasteiger partial charge in [-0.1, -0.05) is 76.1 Å². The average Bonchev–Trinajstić information content (AvgIpc) is 3.57. The number of nitrogens with zero attached hydrogens (tertiary/aromatic N) is 2. The number of sulfonamides is 1. The van der Waals surface area contributed by atoms with Crippen LogP contribution in [0.3, 0.4) is 0 Å². The Kier molecular flexibility index (Phi) is 9.57. The lowest BCUT2D eigenvalue weighted by atomic mass is 9.37. The largest absolute Gasteiger partial charge is 0.497 e. The summed E-state index contributed by atoms with van der Waals surface area (Å²) in [5, 5.41) is 4.23. The molecule has 1 heterocycles. The summed E-state index contributed by atoms with van der Waals surface area (Å²) in [6.07, 6.45) is 16.3. The monoisotopic (exact) mass is 727 g/mol. The standard InChI is InChI=1S/C45H65N3O3S/c1-32-12-14-33(15-13-32)37-18-22-44(5)40(42(37,2)3)20-23-43(4)38-19-24-45(21-8-11-39(45)36(38)16-17-41(43)44)46-25-26-47-27-29-48(30-28-47)52(49,50)35-10-7-9-34(31-35)51-6/h7,9-10,12-15,18,31,36,38-41,46H,8,11,16-17,19-30H2,1-6H3/t36-,38?,39?,40?,41?,43-,44-,45-/m0/s1. The summed E-state index contributed by atoms with van der Waals surface area (Å²) in [4.78, 5) is 2.78. The van der Waals surface area contributed by atoms with Crippen molar-refractivity contribution in [1.82, 2.24) is 14.5 Å². The van der Waals surface area contributed by atoms with E-state index in [9.17, 15) is 8.42 Å². The van der Waals surface area contributed by atoms with E-state index in [-0.39, 0.29) is 5.41 Å². The Hall–Kier alpha value is -2.19. The maximum atomic E-state index is 13.4. The SMILES string of the molecule is COc1cccc(S(=O)(=O)N2CCN(CCN[C@]34CCCC3[C@H]3CCC5[C@@](C)(CCC6C(C)(C)C(c7ccc(C)cc7)=CC[C@@]65C)C3CC4)CC2)c1. The van der Waals surface area contributed by atoms with Crippen LogP contribution in [0.25, 0.3) is 5.57 Å². The van der Waals surface area contributed by atoms with E-state index < -0.39 is 10.0 Å². The molecule has 0 radical (unpaired) electrons. The molecule has 0 spiro atoms. The second-order valence-electron chi connectivity index (χ2n) is 19.0. The average molecular weight is 728 g/mol. The quantitative estimate of drug-likeness (QED) is 0.295. The number of aryl methyl sites for hydroxylation is 1. The zero-order chi connectivity index (χ0) is 36.5. The minimum absolute atomic E-state index is 0.189. The summed E-state index contributed by atoms with van der Waals surface area (Å²) in [6.45, 7) is 17.4. The van der Waals surface area contributed by atoms with E-state index in [1.165, 1.54) is 75.3 Å². The Morgan fingerprint density at radius 3 is 2.35 bits per heavy atom. The van der Waals surface area contributed by atoms with Crippen LogP contribution in [0, 0.1) is 52.8 Å². The highest BCUT2D eigenvalue weighted by Gasteiger charge is 2.65. The Morgan fingerprint density at radius 1 is 0.827 bits per heavy atom. The van der Waals surface area contributed by atoms with Crippen LogP contribution in [0.15, 0.2) is 59.5 Å². The van der Waals surface area contributed by atoms with Crippen molar-refractivity contribution >= 4 is 15.6 Å². The number of hydrogen-bond donors (Lipinski definition) is 1. The summed E-state index contributed by atoms with van der Waals surface area (Å²) in [5.41, 5.74) is 5.67. The topological polar surface area (TPSA) is 61.9 Å². The predicted molar refractivity (Wildman–Crippen MR) is 212 cm³/mol. The number of hydrogen-bond acceptors (Lipinski definition) is 5. The van der Waals surface area contributed by atoms with Gasteiger partial charge < -0.3 is 10.1 Å². The van der Waals surface area contributed by atoms with Gasteiger partial charge in [0.05, 0.1) is 12.0 Å². The molecule has 4 saturated carbocycles. The van der Waals surface area contributed by atoms with Gasteiger partial charge in [0, 0.05) is 50.9 Å². The van der Waals surface area contributed by atoms with Crippen LogP contribution < -0.4 is 10.1 Å². The van der Waals surface area contributed by atoms with Crippen molar-refractivity contribution in [1.29, 1.82) is 0 Å². The molecule has 1 aliphatic heterocycles. The Bertz CT molecular complexity index is 1760. The summed E-state index contributed by atoms with van der Waals surface area (Å²) in [6, 6.07) is 16.2. The van der Waals surface area contributed by atoms with E-state index in [1.54, 1.807) is 41.3 Å². The van der Waals surface area contributed by atoms with Crippen molar-refractivity contribution in [2.24, 2.45) is 45.8 Å². The molecule has 1 saturated heterocycles. The molecule has 6 nitrogen and oxygen atoms in total. The number of methoxy groups -OCH3 is 1. The van der Waals surface area contributed by atoms with Crippen molar-refractivity contribution < 1.29 is 13.2 Å². The Labute approximate surface area is 315 Å². The van der Waals surface area contributed by atoms with Crippen molar-refractivity contribution in [3.05, 3.63) is 65.7 Å². The zero-order valence-electron chi connectivity index (χ0n) is 32.9. The van der Waals surface area contributed by atoms with Gasteiger partial charge in [-0.05, 0) is 134 Å². The zero-order valence-corrected chi connectivity index (χ0v) is 33.7. The molecule has 0 aromatic heterocycles. The van der Waals surface area contributed by atoms with Gasteiger partial charge in [0.2, 0.25) is 10.0 Å². The fourth-order valence-corrected chi connectivity index (χ4v) is 15.4. The summed E-state index contributed by atoms with van der Waals surface area (Å²) >= 11 is 0. The van der Waals surface area contributed by atoms with Gasteiger partial charge in [0.1, 0.15) is 5.75 Å². The first-order valence-electron chi connectivity index (χ1n) is 20.7. The normalized spacial score (nSPS) is 37.7. The second kappa shape index (κ2) is 13.5. The van der Waals surface area contributed by atoms with E-state index in [4.69, 9.17) is 4.74 Å². The Balaban J connectivity index is 0.907. The van der Waals surface area contributed by atoms with Crippen molar-refractivity contribution in [2.45, 2.75) is 109 Å². The Morgan fingerprint density at radius 2 is 1.60 bits per heavy atom.